The van der Waals surface area contributed by atoms with Crippen molar-refractivity contribution in [3.05, 3.63) is 34.6 Å². The molecule has 3 aliphatic rings. The van der Waals surface area contributed by atoms with Gasteiger partial charge in [-0.1, -0.05) is 17.7 Å². The Balaban J connectivity index is 1.60. The highest BCUT2D eigenvalue weighted by molar-refractivity contribution is 6.30. The molecule has 0 spiro atoms. The topological polar surface area (TPSA) is 49.4 Å². The zero-order valence-corrected chi connectivity index (χ0v) is 17.6. The van der Waals surface area contributed by atoms with E-state index in [0.717, 1.165) is 0 Å². The normalized spacial score (nSPS) is 31.4. The van der Waals surface area contributed by atoms with Crippen molar-refractivity contribution >= 4 is 23.4 Å². The van der Waals surface area contributed by atoms with Crippen LogP contribution in [0.15, 0.2) is 18.2 Å². The monoisotopic (exact) mass is 442 g/mol. The Kier molecular flexibility index (Phi) is 5.77. The van der Waals surface area contributed by atoms with Crippen LogP contribution in [0.4, 0.5) is 13.2 Å². The van der Waals surface area contributed by atoms with Gasteiger partial charge in [-0.2, -0.15) is 0 Å². The first-order valence-corrected chi connectivity index (χ1v) is 11.0. The van der Waals surface area contributed by atoms with Gasteiger partial charge in [-0.25, -0.2) is 13.2 Å². The molecular formula is C22H26ClF3N2O2. The summed E-state index contributed by atoms with van der Waals surface area (Å²) in [5, 5.41) is 2.69. The summed E-state index contributed by atoms with van der Waals surface area (Å²) in [7, 11) is 0. The number of amides is 2. The van der Waals surface area contributed by atoms with Gasteiger partial charge in [0.1, 0.15) is 11.9 Å². The van der Waals surface area contributed by atoms with Crippen molar-refractivity contribution < 1.29 is 22.8 Å². The number of hydrogen-bond acceptors (Lipinski definition) is 2. The van der Waals surface area contributed by atoms with E-state index >= 15 is 0 Å². The van der Waals surface area contributed by atoms with E-state index in [1.54, 1.807) is 17.9 Å². The van der Waals surface area contributed by atoms with Crippen molar-refractivity contribution in [2.45, 2.75) is 56.9 Å². The molecule has 1 saturated heterocycles. The number of piperazine rings is 1. The number of hydrogen-bond donors (Lipinski definition) is 1. The Hall–Kier alpha value is -1.76. The van der Waals surface area contributed by atoms with Crippen LogP contribution in [0.5, 0.6) is 0 Å². The number of rotatable bonds is 4. The zero-order valence-electron chi connectivity index (χ0n) is 16.8. The minimum atomic E-state index is -2.65. The largest absolute Gasteiger partial charge is 0.353 e. The van der Waals surface area contributed by atoms with Gasteiger partial charge in [-0.3, -0.25) is 9.59 Å². The number of carbonyl (C=O) groups excluding carboxylic acids is 2. The van der Waals surface area contributed by atoms with Crippen LogP contribution in [0.3, 0.4) is 0 Å². The van der Waals surface area contributed by atoms with Gasteiger partial charge in [-0.15, -0.1) is 0 Å². The molecule has 4 nitrogen and oxygen atoms in total. The molecule has 1 heterocycles. The Morgan fingerprint density at radius 3 is 2.60 bits per heavy atom. The first-order chi connectivity index (χ1) is 14.2. The number of nitrogens with zero attached hydrogens (tertiary/aromatic N) is 1. The molecule has 8 heteroatoms. The molecule has 1 aromatic rings. The molecule has 2 bridgehead atoms. The predicted molar refractivity (Wildman–Crippen MR) is 107 cm³/mol. The SMILES string of the molecule is C[C@@H]1C(=O)NCCN1C(=O)CC(c1ccc(F)c(Cl)c1)C1CC2CCC(C1)C2(F)F. The number of fused-ring (bicyclic) bond motifs is 2. The van der Waals surface area contributed by atoms with E-state index in [1.807, 2.05) is 0 Å². The second kappa shape index (κ2) is 8.06. The lowest BCUT2D eigenvalue weighted by Gasteiger charge is -2.40. The molecule has 2 aliphatic carbocycles. The van der Waals surface area contributed by atoms with Crippen LogP contribution in [-0.2, 0) is 9.59 Å². The van der Waals surface area contributed by atoms with Gasteiger partial charge < -0.3 is 10.2 Å². The Bertz CT molecular complexity index is 834. The third kappa shape index (κ3) is 3.81. The molecule has 4 rings (SSSR count). The summed E-state index contributed by atoms with van der Waals surface area (Å²) in [5.41, 5.74) is 0.693. The minimum absolute atomic E-state index is 0.0419. The molecule has 0 aromatic heterocycles. The van der Waals surface area contributed by atoms with Crippen molar-refractivity contribution in [2.75, 3.05) is 13.1 Å². The summed E-state index contributed by atoms with van der Waals surface area (Å²) in [5.74, 6) is -5.39. The summed E-state index contributed by atoms with van der Waals surface area (Å²) in [6.45, 7) is 2.48. The van der Waals surface area contributed by atoms with Gasteiger partial charge in [0.25, 0.3) is 5.92 Å². The van der Waals surface area contributed by atoms with Gasteiger partial charge in [0, 0.05) is 31.3 Å². The van der Waals surface area contributed by atoms with Crippen molar-refractivity contribution in [3.63, 3.8) is 0 Å². The molecule has 1 aromatic carbocycles. The Labute approximate surface area is 179 Å². The highest BCUT2D eigenvalue weighted by Crippen LogP contribution is 2.57. The summed E-state index contributed by atoms with van der Waals surface area (Å²) in [6.07, 6.45) is 1.78. The first-order valence-electron chi connectivity index (χ1n) is 10.6. The number of alkyl halides is 2. The second-order valence-corrected chi connectivity index (χ2v) is 9.32. The van der Waals surface area contributed by atoms with Crippen LogP contribution < -0.4 is 5.32 Å². The van der Waals surface area contributed by atoms with E-state index in [1.165, 1.54) is 12.1 Å². The molecule has 3 unspecified atom stereocenters. The van der Waals surface area contributed by atoms with Crippen LogP contribution in [0.2, 0.25) is 5.02 Å². The quantitative estimate of drug-likeness (QED) is 0.752. The predicted octanol–water partition coefficient (Wildman–Crippen LogP) is 4.37. The molecule has 164 valence electrons. The number of benzene rings is 1. The van der Waals surface area contributed by atoms with Crippen molar-refractivity contribution in [2.24, 2.45) is 17.8 Å². The molecule has 30 heavy (non-hydrogen) atoms. The van der Waals surface area contributed by atoms with E-state index in [2.05, 4.69) is 5.32 Å². The van der Waals surface area contributed by atoms with Crippen LogP contribution in [0.1, 0.15) is 50.5 Å². The lowest BCUT2D eigenvalue weighted by atomic mass is 9.69. The highest BCUT2D eigenvalue weighted by atomic mass is 35.5. The maximum Gasteiger partial charge on any atom is 0.253 e. The average molecular weight is 443 g/mol. The van der Waals surface area contributed by atoms with E-state index in [4.69, 9.17) is 11.6 Å². The number of halogens is 4. The summed E-state index contributed by atoms with van der Waals surface area (Å²) in [4.78, 5) is 26.6. The van der Waals surface area contributed by atoms with Crippen LogP contribution in [0.25, 0.3) is 0 Å². The van der Waals surface area contributed by atoms with Gasteiger partial charge >= 0.3 is 0 Å². The summed E-state index contributed by atoms with van der Waals surface area (Å²) in [6, 6.07) is 3.80. The van der Waals surface area contributed by atoms with Gasteiger partial charge in [0.15, 0.2) is 0 Å². The first kappa shape index (κ1) is 21.5. The lowest BCUT2D eigenvalue weighted by molar-refractivity contribution is -0.143. The third-order valence-corrected chi connectivity index (χ3v) is 7.57. The van der Waals surface area contributed by atoms with E-state index < -0.39 is 29.6 Å². The number of carbonyl (C=O) groups is 2. The van der Waals surface area contributed by atoms with Gasteiger partial charge in [0.05, 0.1) is 5.02 Å². The van der Waals surface area contributed by atoms with Crippen LogP contribution in [-0.4, -0.2) is 41.8 Å². The van der Waals surface area contributed by atoms with E-state index in [9.17, 15) is 22.8 Å². The molecule has 2 saturated carbocycles. The molecule has 0 radical (unpaired) electrons. The van der Waals surface area contributed by atoms with Gasteiger partial charge in [-0.05, 0) is 62.1 Å². The van der Waals surface area contributed by atoms with Crippen molar-refractivity contribution in [3.8, 4) is 0 Å². The molecule has 1 N–H and O–H groups in total. The molecule has 2 amide bonds. The Morgan fingerprint density at radius 1 is 1.30 bits per heavy atom. The molecule has 4 atom stereocenters. The number of nitrogens with one attached hydrogen (secondary N) is 1. The smallest absolute Gasteiger partial charge is 0.253 e. The van der Waals surface area contributed by atoms with E-state index in [0.29, 0.717) is 44.3 Å². The maximum atomic E-state index is 14.5. The third-order valence-electron chi connectivity index (χ3n) is 7.28. The standard InChI is InChI=1S/C22H26ClF3N2O2/c1-12-21(30)27-6-7-28(12)20(29)11-17(13-2-5-19(24)18(23)10-13)14-8-15-3-4-16(9-14)22(15,25)26/h2,5,10,12,14-17H,3-4,6-9,11H2,1H3,(H,27,30)/t12-,14?,15?,16?,17?/m1/s1. The lowest BCUT2D eigenvalue weighted by Crippen LogP contribution is -2.56. The fourth-order valence-corrected chi connectivity index (χ4v) is 5.74. The summed E-state index contributed by atoms with van der Waals surface area (Å²) >= 11 is 6.00. The summed E-state index contributed by atoms with van der Waals surface area (Å²) < 4.78 is 42.7. The van der Waals surface area contributed by atoms with Crippen molar-refractivity contribution in [1.29, 1.82) is 0 Å². The second-order valence-electron chi connectivity index (χ2n) is 8.92. The maximum absolute atomic E-state index is 14.5. The van der Waals surface area contributed by atoms with E-state index in [-0.39, 0.29) is 35.1 Å². The fraction of sp³-hybridized carbons (Fsp3) is 0.636. The zero-order chi connectivity index (χ0) is 21.6. The fourth-order valence-electron chi connectivity index (χ4n) is 5.55. The molecular weight excluding hydrogens is 417 g/mol. The highest BCUT2D eigenvalue weighted by Gasteiger charge is 2.57. The van der Waals surface area contributed by atoms with Crippen LogP contribution in [0, 0.1) is 23.6 Å². The molecule has 1 aliphatic heterocycles. The van der Waals surface area contributed by atoms with Crippen molar-refractivity contribution in [1.82, 2.24) is 10.2 Å². The van der Waals surface area contributed by atoms with Crippen LogP contribution >= 0.6 is 11.6 Å². The minimum Gasteiger partial charge on any atom is -0.353 e. The Morgan fingerprint density at radius 2 is 1.97 bits per heavy atom. The average Bonchev–Trinajstić information content (AvgIpc) is 2.87. The molecule has 3 fully saturated rings. The van der Waals surface area contributed by atoms with Gasteiger partial charge in [0.2, 0.25) is 11.8 Å².